The Kier molecular flexibility index (Phi) is 6.29. The summed E-state index contributed by atoms with van der Waals surface area (Å²) in [5.74, 6) is 1.79. The molecule has 0 spiro atoms. The largest absolute Gasteiger partial charge is 0.342 e. The van der Waals surface area contributed by atoms with Crippen molar-refractivity contribution in [3.8, 4) is 0 Å². The normalized spacial score (nSPS) is 15.1. The van der Waals surface area contributed by atoms with Crippen LogP contribution in [-0.2, 0) is 11.2 Å². The second-order valence-corrected chi connectivity index (χ2v) is 9.34. The highest BCUT2D eigenvalue weighted by Gasteiger charge is 2.21. The number of aryl methyl sites for hydroxylation is 2. The molecule has 1 aliphatic heterocycles. The SMILES string of the molecule is Cc1nc2nc(SCC(=O)N3CCC(C)CC3)nn2c(C)c1Cc1ccccc1Cl. The molecule has 158 valence electrons. The number of aromatic nitrogens is 4. The van der Waals surface area contributed by atoms with Gasteiger partial charge < -0.3 is 4.90 Å². The maximum Gasteiger partial charge on any atom is 0.253 e. The molecule has 0 saturated carbocycles. The summed E-state index contributed by atoms with van der Waals surface area (Å²) in [5.41, 5.74) is 4.06. The van der Waals surface area contributed by atoms with Gasteiger partial charge in [-0.3, -0.25) is 4.79 Å². The number of halogens is 1. The van der Waals surface area contributed by atoms with Crippen LogP contribution in [0.4, 0.5) is 0 Å². The number of hydrogen-bond acceptors (Lipinski definition) is 5. The van der Waals surface area contributed by atoms with Crippen molar-refractivity contribution in [1.29, 1.82) is 0 Å². The standard InChI is InChI=1S/C22H26ClN5OS/c1-14-8-10-27(11-9-14)20(29)13-30-22-25-21-24-15(2)18(16(3)28(21)26-22)12-17-6-4-5-7-19(17)23/h4-7,14H,8-13H2,1-3H3. The third kappa shape index (κ3) is 4.47. The van der Waals surface area contributed by atoms with E-state index >= 15 is 0 Å². The van der Waals surface area contributed by atoms with E-state index < -0.39 is 0 Å². The van der Waals surface area contributed by atoms with Gasteiger partial charge in [0.25, 0.3) is 5.78 Å². The number of benzene rings is 1. The van der Waals surface area contributed by atoms with E-state index in [0.717, 1.165) is 53.5 Å². The van der Waals surface area contributed by atoms with E-state index in [1.54, 1.807) is 4.52 Å². The third-order valence-corrected chi connectivity index (χ3v) is 7.01. The number of fused-ring (bicyclic) bond motifs is 1. The molecule has 30 heavy (non-hydrogen) atoms. The van der Waals surface area contributed by atoms with E-state index in [0.29, 0.717) is 29.0 Å². The van der Waals surface area contributed by atoms with Gasteiger partial charge in [0.05, 0.1) is 5.75 Å². The highest BCUT2D eigenvalue weighted by Crippen LogP contribution is 2.24. The molecule has 0 N–H and O–H groups in total. The summed E-state index contributed by atoms with van der Waals surface area (Å²) < 4.78 is 1.77. The van der Waals surface area contributed by atoms with Crippen LogP contribution in [0.5, 0.6) is 0 Å². The van der Waals surface area contributed by atoms with Gasteiger partial charge in [-0.2, -0.15) is 4.98 Å². The van der Waals surface area contributed by atoms with Crippen LogP contribution in [0.1, 0.15) is 42.3 Å². The molecule has 4 rings (SSSR count). The number of carbonyl (C=O) groups excluding carboxylic acids is 1. The second kappa shape index (κ2) is 8.94. The molecular weight excluding hydrogens is 418 g/mol. The average Bonchev–Trinajstić information content (AvgIpc) is 3.14. The fraction of sp³-hybridized carbons (Fsp3) is 0.455. The molecule has 1 aromatic carbocycles. The molecule has 0 aliphatic carbocycles. The molecule has 6 nitrogen and oxygen atoms in total. The first-order valence-corrected chi connectivity index (χ1v) is 11.7. The molecule has 1 saturated heterocycles. The minimum absolute atomic E-state index is 0.158. The number of amides is 1. The van der Waals surface area contributed by atoms with E-state index in [-0.39, 0.29) is 5.91 Å². The molecule has 2 aromatic heterocycles. The van der Waals surface area contributed by atoms with Crippen LogP contribution in [0.3, 0.4) is 0 Å². The summed E-state index contributed by atoms with van der Waals surface area (Å²) in [7, 11) is 0. The van der Waals surface area contributed by atoms with E-state index in [2.05, 4.69) is 22.0 Å². The van der Waals surface area contributed by atoms with Gasteiger partial charge in [0.2, 0.25) is 11.1 Å². The van der Waals surface area contributed by atoms with Crippen LogP contribution in [0.25, 0.3) is 5.78 Å². The number of nitrogens with zero attached hydrogens (tertiary/aromatic N) is 5. The van der Waals surface area contributed by atoms with E-state index in [4.69, 9.17) is 11.6 Å². The van der Waals surface area contributed by atoms with Crippen LogP contribution in [0.15, 0.2) is 29.4 Å². The lowest BCUT2D eigenvalue weighted by molar-refractivity contribution is -0.129. The van der Waals surface area contributed by atoms with Crippen molar-refractivity contribution in [2.45, 2.75) is 45.2 Å². The molecule has 3 heterocycles. The summed E-state index contributed by atoms with van der Waals surface area (Å²) in [6, 6.07) is 7.85. The highest BCUT2D eigenvalue weighted by atomic mass is 35.5. The Hall–Kier alpha value is -2.12. The van der Waals surface area contributed by atoms with Crippen molar-refractivity contribution in [2.24, 2.45) is 5.92 Å². The molecule has 0 atom stereocenters. The fourth-order valence-corrected chi connectivity index (χ4v) is 4.74. The maximum atomic E-state index is 12.5. The van der Waals surface area contributed by atoms with Crippen molar-refractivity contribution in [2.75, 3.05) is 18.8 Å². The van der Waals surface area contributed by atoms with Crippen LogP contribution in [0, 0.1) is 19.8 Å². The Morgan fingerprint density at radius 3 is 2.67 bits per heavy atom. The van der Waals surface area contributed by atoms with Gasteiger partial charge >= 0.3 is 0 Å². The lowest BCUT2D eigenvalue weighted by Gasteiger charge is -2.30. The van der Waals surface area contributed by atoms with Crippen LogP contribution in [0.2, 0.25) is 5.02 Å². The third-order valence-electron chi connectivity index (χ3n) is 5.82. The Morgan fingerprint density at radius 1 is 1.20 bits per heavy atom. The Bertz CT molecular complexity index is 1070. The monoisotopic (exact) mass is 443 g/mol. The van der Waals surface area contributed by atoms with Gasteiger partial charge in [0.15, 0.2) is 0 Å². The zero-order valence-electron chi connectivity index (χ0n) is 17.6. The summed E-state index contributed by atoms with van der Waals surface area (Å²) in [4.78, 5) is 23.7. The first-order valence-electron chi connectivity index (χ1n) is 10.3. The summed E-state index contributed by atoms with van der Waals surface area (Å²) >= 11 is 7.73. The van der Waals surface area contributed by atoms with Crippen molar-refractivity contribution < 1.29 is 4.79 Å². The smallest absolute Gasteiger partial charge is 0.253 e. The van der Waals surface area contributed by atoms with Gasteiger partial charge in [-0.1, -0.05) is 48.5 Å². The predicted octanol–water partition coefficient (Wildman–Crippen LogP) is 4.34. The number of hydrogen-bond donors (Lipinski definition) is 0. The van der Waals surface area contributed by atoms with E-state index in [1.165, 1.54) is 11.8 Å². The predicted molar refractivity (Wildman–Crippen MR) is 120 cm³/mol. The van der Waals surface area contributed by atoms with Gasteiger partial charge in [0, 0.05) is 35.9 Å². The van der Waals surface area contributed by atoms with Gasteiger partial charge in [0.1, 0.15) is 0 Å². The van der Waals surface area contributed by atoms with Crippen LogP contribution >= 0.6 is 23.4 Å². The Morgan fingerprint density at radius 2 is 1.93 bits per heavy atom. The zero-order valence-corrected chi connectivity index (χ0v) is 19.1. The molecule has 3 aromatic rings. The minimum Gasteiger partial charge on any atom is -0.342 e. The van der Waals surface area contributed by atoms with Crippen molar-refractivity contribution in [3.63, 3.8) is 0 Å². The van der Waals surface area contributed by atoms with E-state index in [9.17, 15) is 4.79 Å². The number of piperidine rings is 1. The molecule has 1 amide bonds. The lowest BCUT2D eigenvalue weighted by Crippen LogP contribution is -2.38. The van der Waals surface area contributed by atoms with Gasteiger partial charge in [-0.25, -0.2) is 9.50 Å². The first kappa shape index (κ1) is 21.1. The zero-order chi connectivity index (χ0) is 21.3. The number of thioether (sulfide) groups is 1. The summed E-state index contributed by atoms with van der Waals surface area (Å²) in [5, 5.41) is 5.94. The fourth-order valence-electron chi connectivity index (χ4n) is 3.81. The number of rotatable bonds is 5. The van der Waals surface area contributed by atoms with Crippen molar-refractivity contribution >= 4 is 35.0 Å². The average molecular weight is 444 g/mol. The van der Waals surface area contributed by atoms with Crippen LogP contribution in [-0.4, -0.2) is 49.2 Å². The molecular formula is C22H26ClN5OS. The van der Waals surface area contributed by atoms with Crippen LogP contribution < -0.4 is 0 Å². The van der Waals surface area contributed by atoms with Crippen molar-refractivity contribution in [3.05, 3.63) is 51.8 Å². The Labute approximate surface area is 186 Å². The molecule has 1 fully saturated rings. The van der Waals surface area contributed by atoms with Crippen molar-refractivity contribution in [1.82, 2.24) is 24.5 Å². The van der Waals surface area contributed by atoms with E-state index in [1.807, 2.05) is 43.0 Å². The maximum absolute atomic E-state index is 12.5. The second-order valence-electron chi connectivity index (χ2n) is 7.99. The minimum atomic E-state index is 0.158. The summed E-state index contributed by atoms with van der Waals surface area (Å²) in [6.07, 6.45) is 2.85. The van der Waals surface area contributed by atoms with Gasteiger partial charge in [-0.05, 0) is 49.8 Å². The number of likely N-dealkylation sites (tertiary alicyclic amines) is 1. The first-order chi connectivity index (χ1) is 14.4. The Balaban J connectivity index is 1.51. The molecule has 0 radical (unpaired) electrons. The molecule has 1 aliphatic rings. The topological polar surface area (TPSA) is 63.4 Å². The molecule has 0 unspecified atom stereocenters. The summed E-state index contributed by atoms with van der Waals surface area (Å²) in [6.45, 7) is 7.96. The molecule has 0 bridgehead atoms. The highest BCUT2D eigenvalue weighted by molar-refractivity contribution is 7.99. The number of carbonyl (C=O) groups is 1. The quantitative estimate of drug-likeness (QED) is 0.549. The van der Waals surface area contributed by atoms with Gasteiger partial charge in [-0.15, -0.1) is 5.10 Å². The molecule has 8 heteroatoms. The lowest BCUT2D eigenvalue weighted by atomic mass is 9.99.